The third kappa shape index (κ3) is 15.1. The Morgan fingerprint density at radius 3 is 2.00 bits per heavy atom. The summed E-state index contributed by atoms with van der Waals surface area (Å²) < 4.78 is 35.6. The fourth-order valence-corrected chi connectivity index (χ4v) is 1.55. The Balaban J connectivity index is 0. The van der Waals surface area contributed by atoms with Crippen LogP contribution < -0.4 is 5.32 Å². The molecule has 0 aliphatic carbocycles. The van der Waals surface area contributed by atoms with E-state index >= 15 is 0 Å². The van der Waals surface area contributed by atoms with Crippen molar-refractivity contribution >= 4 is 5.91 Å². The molecule has 3 nitrogen and oxygen atoms in total. The highest BCUT2D eigenvalue weighted by atomic mass is 19.4. The summed E-state index contributed by atoms with van der Waals surface area (Å²) >= 11 is 0. The number of hydrogen-bond donors (Lipinski definition) is 1. The van der Waals surface area contributed by atoms with Crippen LogP contribution in [0, 0.1) is 0 Å². The maximum atomic E-state index is 11.9. The van der Waals surface area contributed by atoms with Gasteiger partial charge in [0.25, 0.3) is 0 Å². The van der Waals surface area contributed by atoms with E-state index < -0.39 is 12.1 Å². The molecule has 0 aliphatic heterocycles. The first kappa shape index (κ1) is 23.0. The molecule has 0 heterocycles. The SMILES string of the molecule is C=CCCCCN(C)C(=O)C(F)(F)F.C=CCCCCNC. The zero-order chi connectivity index (χ0) is 17.4. The van der Waals surface area contributed by atoms with Crippen LogP contribution in [0.1, 0.15) is 38.5 Å². The zero-order valence-corrected chi connectivity index (χ0v) is 13.7. The highest BCUT2D eigenvalue weighted by Gasteiger charge is 2.40. The van der Waals surface area contributed by atoms with Crippen molar-refractivity contribution in [2.24, 2.45) is 0 Å². The molecule has 6 heteroatoms. The third-order valence-corrected chi connectivity index (χ3v) is 2.83. The Labute approximate surface area is 132 Å². The van der Waals surface area contributed by atoms with Gasteiger partial charge in [-0.1, -0.05) is 12.2 Å². The van der Waals surface area contributed by atoms with Crippen molar-refractivity contribution < 1.29 is 18.0 Å². The molecule has 0 atom stereocenters. The number of hydrogen-bond acceptors (Lipinski definition) is 2. The van der Waals surface area contributed by atoms with E-state index in [0.29, 0.717) is 11.3 Å². The molecule has 0 radical (unpaired) electrons. The average molecular weight is 322 g/mol. The van der Waals surface area contributed by atoms with Gasteiger partial charge in [-0.2, -0.15) is 13.2 Å². The van der Waals surface area contributed by atoms with E-state index in [-0.39, 0.29) is 6.54 Å². The second-order valence-electron chi connectivity index (χ2n) is 4.90. The lowest BCUT2D eigenvalue weighted by Gasteiger charge is -2.18. The van der Waals surface area contributed by atoms with Crippen LogP contribution in [0.25, 0.3) is 0 Å². The summed E-state index contributed by atoms with van der Waals surface area (Å²) in [5.41, 5.74) is 0. The summed E-state index contributed by atoms with van der Waals surface area (Å²) in [6.45, 7) is 8.39. The van der Waals surface area contributed by atoms with Crippen LogP contribution in [0.2, 0.25) is 0 Å². The van der Waals surface area contributed by atoms with Gasteiger partial charge >= 0.3 is 12.1 Å². The van der Waals surface area contributed by atoms with E-state index in [9.17, 15) is 18.0 Å². The maximum absolute atomic E-state index is 11.9. The lowest BCUT2D eigenvalue weighted by atomic mass is 10.2. The second kappa shape index (κ2) is 14.6. The standard InChI is InChI=1S/C9H14F3NO.C7H15N/c1-3-4-5-6-7-13(2)8(14)9(10,11)12;1-3-4-5-6-7-8-2/h3H,1,4-7H2,2H3;3,8H,1,4-7H2,2H3. The normalized spacial score (nSPS) is 10.4. The molecule has 0 saturated heterocycles. The number of rotatable bonds is 10. The van der Waals surface area contributed by atoms with E-state index in [1.165, 1.54) is 12.8 Å². The van der Waals surface area contributed by atoms with Crippen molar-refractivity contribution in [2.45, 2.75) is 44.7 Å². The molecular formula is C16H29F3N2O. The molecule has 0 saturated carbocycles. The molecule has 0 spiro atoms. The Morgan fingerprint density at radius 2 is 1.59 bits per heavy atom. The van der Waals surface area contributed by atoms with Gasteiger partial charge in [0, 0.05) is 13.6 Å². The smallest absolute Gasteiger partial charge is 0.338 e. The van der Waals surface area contributed by atoms with Gasteiger partial charge in [-0.15, -0.1) is 13.2 Å². The summed E-state index contributed by atoms with van der Waals surface area (Å²) in [7, 11) is 3.14. The Morgan fingerprint density at radius 1 is 1.09 bits per heavy atom. The zero-order valence-electron chi connectivity index (χ0n) is 13.7. The minimum atomic E-state index is -4.76. The molecule has 0 unspecified atom stereocenters. The van der Waals surface area contributed by atoms with Crippen molar-refractivity contribution in [1.82, 2.24) is 10.2 Å². The number of halogens is 3. The fourth-order valence-electron chi connectivity index (χ4n) is 1.55. The number of carbonyl (C=O) groups excluding carboxylic acids is 1. The van der Waals surface area contributed by atoms with Gasteiger partial charge in [-0.25, -0.2) is 0 Å². The van der Waals surface area contributed by atoms with Crippen LogP contribution in [0.5, 0.6) is 0 Å². The van der Waals surface area contributed by atoms with Crippen LogP contribution in [0.3, 0.4) is 0 Å². The van der Waals surface area contributed by atoms with Crippen LogP contribution in [-0.4, -0.2) is 44.2 Å². The summed E-state index contributed by atoms with van der Waals surface area (Å²) in [6.07, 6.45) is 4.67. The highest BCUT2D eigenvalue weighted by Crippen LogP contribution is 2.17. The summed E-state index contributed by atoms with van der Waals surface area (Å²) in [6, 6.07) is 0. The molecule has 0 fully saturated rings. The molecule has 130 valence electrons. The van der Waals surface area contributed by atoms with Gasteiger partial charge in [0.05, 0.1) is 0 Å². The molecule has 22 heavy (non-hydrogen) atoms. The Kier molecular flexibility index (Phi) is 15.3. The van der Waals surface area contributed by atoms with E-state index in [1.807, 2.05) is 13.1 Å². The first-order valence-electron chi connectivity index (χ1n) is 7.49. The number of nitrogens with zero attached hydrogens (tertiary/aromatic N) is 1. The number of nitrogens with one attached hydrogen (secondary N) is 1. The molecule has 0 aromatic carbocycles. The number of carbonyl (C=O) groups is 1. The molecule has 1 N–H and O–H groups in total. The Bertz CT molecular complexity index is 304. The van der Waals surface area contributed by atoms with Crippen LogP contribution >= 0.6 is 0 Å². The van der Waals surface area contributed by atoms with E-state index in [0.717, 1.165) is 32.9 Å². The topological polar surface area (TPSA) is 32.3 Å². The number of unbranched alkanes of at least 4 members (excludes halogenated alkanes) is 4. The van der Waals surface area contributed by atoms with Crippen LogP contribution in [0.15, 0.2) is 25.3 Å². The predicted molar refractivity (Wildman–Crippen MR) is 85.7 cm³/mol. The Hall–Kier alpha value is -1.30. The van der Waals surface area contributed by atoms with Crippen molar-refractivity contribution in [1.29, 1.82) is 0 Å². The quantitative estimate of drug-likeness (QED) is 0.488. The van der Waals surface area contributed by atoms with Crippen LogP contribution in [0.4, 0.5) is 13.2 Å². The minimum absolute atomic E-state index is 0.131. The van der Waals surface area contributed by atoms with Gasteiger partial charge in [-0.05, 0) is 52.1 Å². The first-order valence-corrected chi connectivity index (χ1v) is 7.49. The van der Waals surface area contributed by atoms with Gasteiger partial charge in [0.15, 0.2) is 0 Å². The average Bonchev–Trinajstić information content (AvgIpc) is 2.47. The van der Waals surface area contributed by atoms with Gasteiger partial charge in [0.2, 0.25) is 0 Å². The van der Waals surface area contributed by atoms with Crippen molar-refractivity contribution in [2.75, 3.05) is 27.2 Å². The molecule has 0 aromatic rings. The lowest BCUT2D eigenvalue weighted by Crippen LogP contribution is -2.38. The third-order valence-electron chi connectivity index (χ3n) is 2.83. The van der Waals surface area contributed by atoms with Crippen molar-refractivity contribution in [3.63, 3.8) is 0 Å². The molecular weight excluding hydrogens is 293 g/mol. The van der Waals surface area contributed by atoms with Crippen molar-refractivity contribution in [3.8, 4) is 0 Å². The number of amides is 1. The molecule has 1 amide bonds. The molecule has 0 bridgehead atoms. The maximum Gasteiger partial charge on any atom is 0.471 e. The minimum Gasteiger partial charge on any atom is -0.338 e. The van der Waals surface area contributed by atoms with E-state index in [4.69, 9.17) is 0 Å². The summed E-state index contributed by atoms with van der Waals surface area (Å²) in [5.74, 6) is -1.78. The van der Waals surface area contributed by atoms with Gasteiger partial charge < -0.3 is 10.2 Å². The fraction of sp³-hybridized carbons (Fsp3) is 0.688. The van der Waals surface area contributed by atoms with Gasteiger partial charge in [-0.3, -0.25) is 4.79 Å². The van der Waals surface area contributed by atoms with Gasteiger partial charge in [0.1, 0.15) is 0 Å². The van der Waals surface area contributed by atoms with E-state index in [1.54, 1.807) is 6.08 Å². The van der Waals surface area contributed by atoms with Crippen LogP contribution in [-0.2, 0) is 4.79 Å². The van der Waals surface area contributed by atoms with Crippen molar-refractivity contribution in [3.05, 3.63) is 25.3 Å². The molecule has 0 aliphatic rings. The van der Waals surface area contributed by atoms with E-state index in [2.05, 4.69) is 18.5 Å². The molecule has 0 rings (SSSR count). The highest BCUT2D eigenvalue weighted by molar-refractivity contribution is 5.81. The monoisotopic (exact) mass is 322 g/mol. The number of alkyl halides is 3. The largest absolute Gasteiger partial charge is 0.471 e. The summed E-state index contributed by atoms with van der Waals surface area (Å²) in [5, 5.41) is 3.09. The second-order valence-corrected chi connectivity index (χ2v) is 4.90. The first-order chi connectivity index (χ1) is 10.3. The number of allylic oxidation sites excluding steroid dienone is 2. The predicted octanol–water partition coefficient (Wildman–Crippen LogP) is 3.93. The lowest BCUT2D eigenvalue weighted by molar-refractivity contribution is -0.184. The summed E-state index contributed by atoms with van der Waals surface area (Å²) in [4.78, 5) is 11.3. The molecule has 0 aromatic heterocycles.